The zero-order chi connectivity index (χ0) is 16.2. The largest absolute Gasteiger partial charge is 0.275 e. The van der Waals surface area contributed by atoms with Crippen LogP contribution in [-0.4, -0.2) is 19.4 Å². The second-order valence-corrected chi connectivity index (χ2v) is 6.56. The monoisotopic (exact) mass is 330 g/mol. The molecule has 0 aromatic heterocycles. The Morgan fingerprint density at radius 3 is 2.62 bits per heavy atom. The SMILES string of the molecule is C#CC(CCC)NS(=O)(=O)c1cc(Cl)c(C)c([N+](=O)[O-])c1. The average molecular weight is 331 g/mol. The highest BCUT2D eigenvalue weighted by molar-refractivity contribution is 7.89. The molecule has 1 unspecified atom stereocenters. The van der Waals surface area contributed by atoms with E-state index in [4.69, 9.17) is 18.0 Å². The molecule has 0 amide bonds. The molecule has 6 nitrogen and oxygen atoms in total. The van der Waals surface area contributed by atoms with Gasteiger partial charge in [-0.1, -0.05) is 30.9 Å². The second-order valence-electron chi connectivity index (χ2n) is 4.44. The van der Waals surface area contributed by atoms with Gasteiger partial charge in [-0.05, 0) is 19.4 Å². The molecule has 0 fully saturated rings. The lowest BCUT2D eigenvalue weighted by atomic mass is 10.2. The highest BCUT2D eigenvalue weighted by Gasteiger charge is 2.24. The maximum Gasteiger partial charge on any atom is 0.275 e. The van der Waals surface area contributed by atoms with Crippen molar-refractivity contribution in [1.82, 2.24) is 4.72 Å². The average Bonchev–Trinajstić information content (AvgIpc) is 2.40. The number of hydrogen-bond donors (Lipinski definition) is 1. The van der Waals surface area contributed by atoms with Gasteiger partial charge in [-0.3, -0.25) is 10.1 Å². The molecule has 0 bridgehead atoms. The van der Waals surface area contributed by atoms with E-state index in [1.54, 1.807) is 0 Å². The smallest absolute Gasteiger partial charge is 0.258 e. The maximum atomic E-state index is 12.2. The van der Waals surface area contributed by atoms with Crippen molar-refractivity contribution in [3.8, 4) is 12.3 Å². The number of hydrogen-bond acceptors (Lipinski definition) is 4. The van der Waals surface area contributed by atoms with E-state index < -0.39 is 21.0 Å². The summed E-state index contributed by atoms with van der Waals surface area (Å²) >= 11 is 5.86. The molecule has 114 valence electrons. The van der Waals surface area contributed by atoms with Crippen LogP contribution in [-0.2, 0) is 10.0 Å². The van der Waals surface area contributed by atoms with Crippen molar-refractivity contribution >= 4 is 27.3 Å². The van der Waals surface area contributed by atoms with Crippen molar-refractivity contribution in [1.29, 1.82) is 0 Å². The van der Waals surface area contributed by atoms with Gasteiger partial charge in [-0.25, -0.2) is 8.42 Å². The van der Waals surface area contributed by atoms with Gasteiger partial charge in [0.15, 0.2) is 0 Å². The second kappa shape index (κ2) is 6.89. The zero-order valence-electron chi connectivity index (χ0n) is 11.6. The first-order valence-electron chi connectivity index (χ1n) is 6.16. The van der Waals surface area contributed by atoms with Crippen molar-refractivity contribution in [2.24, 2.45) is 0 Å². The van der Waals surface area contributed by atoms with Crippen LogP contribution >= 0.6 is 11.6 Å². The molecule has 0 aliphatic carbocycles. The molecule has 1 aromatic carbocycles. The number of nitrogens with zero attached hydrogens (tertiary/aromatic N) is 1. The molecule has 0 aliphatic heterocycles. The van der Waals surface area contributed by atoms with Gasteiger partial charge in [0.2, 0.25) is 10.0 Å². The predicted octanol–water partition coefficient (Wildman–Crippen LogP) is 2.64. The van der Waals surface area contributed by atoms with Crippen LogP contribution in [0, 0.1) is 29.4 Å². The van der Waals surface area contributed by atoms with E-state index in [9.17, 15) is 18.5 Å². The number of halogens is 1. The molecule has 8 heteroatoms. The molecule has 1 atom stereocenters. The normalized spacial score (nSPS) is 12.7. The van der Waals surface area contributed by atoms with Crippen LogP contribution in [0.4, 0.5) is 5.69 Å². The predicted molar refractivity (Wildman–Crippen MR) is 80.7 cm³/mol. The van der Waals surface area contributed by atoms with Gasteiger partial charge < -0.3 is 0 Å². The molecule has 0 saturated carbocycles. The van der Waals surface area contributed by atoms with E-state index in [1.807, 2.05) is 6.92 Å². The Morgan fingerprint density at radius 2 is 2.14 bits per heavy atom. The summed E-state index contributed by atoms with van der Waals surface area (Å²) in [5, 5.41) is 10.9. The van der Waals surface area contributed by atoms with Gasteiger partial charge in [-0.15, -0.1) is 6.42 Å². The molecule has 0 spiro atoms. The summed E-state index contributed by atoms with van der Waals surface area (Å²) in [6, 6.07) is 1.48. The van der Waals surface area contributed by atoms with Crippen molar-refractivity contribution in [3.05, 3.63) is 32.8 Å². The summed E-state index contributed by atoms with van der Waals surface area (Å²) in [4.78, 5) is 9.98. The third-order valence-electron chi connectivity index (χ3n) is 2.87. The van der Waals surface area contributed by atoms with E-state index in [2.05, 4.69) is 10.6 Å². The molecular weight excluding hydrogens is 316 g/mol. The molecule has 0 heterocycles. The molecular formula is C13H15ClN2O4S. The lowest BCUT2D eigenvalue weighted by Crippen LogP contribution is -2.33. The van der Waals surface area contributed by atoms with Gasteiger partial charge in [0.25, 0.3) is 5.69 Å². The number of nitro groups is 1. The molecule has 21 heavy (non-hydrogen) atoms. The van der Waals surface area contributed by atoms with Crippen LogP contribution in [0.15, 0.2) is 17.0 Å². The Hall–Kier alpha value is -1.62. The van der Waals surface area contributed by atoms with E-state index in [1.165, 1.54) is 13.0 Å². The van der Waals surface area contributed by atoms with Crippen LogP contribution in [0.2, 0.25) is 5.02 Å². The van der Waals surface area contributed by atoms with Crippen molar-refractivity contribution < 1.29 is 13.3 Å². The molecule has 0 saturated heterocycles. The highest BCUT2D eigenvalue weighted by Crippen LogP contribution is 2.29. The number of sulfonamides is 1. The summed E-state index contributed by atoms with van der Waals surface area (Å²) in [5.41, 5.74) is -0.140. The fourth-order valence-corrected chi connectivity index (χ4v) is 3.22. The lowest BCUT2D eigenvalue weighted by molar-refractivity contribution is -0.385. The van der Waals surface area contributed by atoms with Gasteiger partial charge in [-0.2, -0.15) is 4.72 Å². The summed E-state index contributed by atoms with van der Waals surface area (Å²) in [6.45, 7) is 3.32. The van der Waals surface area contributed by atoms with Crippen molar-refractivity contribution in [2.45, 2.75) is 37.6 Å². The summed E-state index contributed by atoms with van der Waals surface area (Å²) in [6.07, 6.45) is 6.44. The number of terminal acetylenes is 1. The van der Waals surface area contributed by atoms with Crippen LogP contribution in [0.25, 0.3) is 0 Å². The van der Waals surface area contributed by atoms with Crippen molar-refractivity contribution in [3.63, 3.8) is 0 Å². The summed E-state index contributed by atoms with van der Waals surface area (Å²) in [7, 11) is -3.97. The Morgan fingerprint density at radius 1 is 1.52 bits per heavy atom. The maximum absolute atomic E-state index is 12.2. The lowest BCUT2D eigenvalue weighted by Gasteiger charge is -2.13. The minimum atomic E-state index is -3.97. The molecule has 1 N–H and O–H groups in total. The Labute approximate surface area is 128 Å². The van der Waals surface area contributed by atoms with E-state index in [0.29, 0.717) is 12.8 Å². The number of nitrogens with one attached hydrogen (secondary N) is 1. The molecule has 0 radical (unpaired) electrons. The Bertz CT molecular complexity index is 695. The minimum Gasteiger partial charge on any atom is -0.258 e. The number of rotatable bonds is 6. The number of benzene rings is 1. The van der Waals surface area contributed by atoms with Crippen LogP contribution in [0.1, 0.15) is 25.3 Å². The molecule has 0 aliphatic rings. The minimum absolute atomic E-state index is 0.0114. The van der Waals surface area contributed by atoms with E-state index in [0.717, 1.165) is 6.07 Å². The highest BCUT2D eigenvalue weighted by atomic mass is 35.5. The van der Waals surface area contributed by atoms with Crippen LogP contribution in [0.5, 0.6) is 0 Å². The fourth-order valence-electron chi connectivity index (χ4n) is 1.71. The van der Waals surface area contributed by atoms with Crippen LogP contribution < -0.4 is 4.72 Å². The van der Waals surface area contributed by atoms with E-state index in [-0.39, 0.29) is 21.2 Å². The topological polar surface area (TPSA) is 89.3 Å². The quantitative estimate of drug-likeness (QED) is 0.493. The van der Waals surface area contributed by atoms with Gasteiger partial charge in [0.1, 0.15) is 0 Å². The van der Waals surface area contributed by atoms with Gasteiger partial charge in [0.05, 0.1) is 20.9 Å². The number of nitro benzene ring substituents is 1. The third-order valence-corrected chi connectivity index (χ3v) is 4.72. The Kier molecular flexibility index (Phi) is 5.72. The first-order chi connectivity index (χ1) is 9.72. The van der Waals surface area contributed by atoms with Crippen molar-refractivity contribution in [2.75, 3.05) is 0 Å². The van der Waals surface area contributed by atoms with Crippen LogP contribution in [0.3, 0.4) is 0 Å². The van der Waals surface area contributed by atoms with Gasteiger partial charge in [0, 0.05) is 11.6 Å². The fraction of sp³-hybridized carbons (Fsp3) is 0.385. The third kappa shape index (κ3) is 4.17. The molecule has 1 rings (SSSR count). The summed E-state index contributed by atoms with van der Waals surface area (Å²) in [5.74, 6) is 2.34. The van der Waals surface area contributed by atoms with E-state index >= 15 is 0 Å². The molecule has 1 aromatic rings. The zero-order valence-corrected chi connectivity index (χ0v) is 13.2. The first kappa shape index (κ1) is 17.4. The Balaban J connectivity index is 3.27. The van der Waals surface area contributed by atoms with Gasteiger partial charge >= 0.3 is 0 Å². The first-order valence-corrected chi connectivity index (χ1v) is 8.02. The standard InChI is InChI=1S/C13H15ClN2O4S/c1-4-6-10(5-2)15-21(19,20)11-7-12(14)9(3)13(8-11)16(17)18/h2,7-8,10,15H,4,6H2,1,3H3. The summed E-state index contributed by atoms with van der Waals surface area (Å²) < 4.78 is 26.8.